The summed E-state index contributed by atoms with van der Waals surface area (Å²) in [5.74, 6) is -5.63. The molecule has 0 unspecified atom stereocenters. The average molecular weight is 838 g/mol. The van der Waals surface area contributed by atoms with Gasteiger partial charge in [0.2, 0.25) is 33.3 Å². The molecule has 0 spiro atoms. The lowest BCUT2D eigenvalue weighted by atomic mass is 9.79. The van der Waals surface area contributed by atoms with Crippen molar-refractivity contribution in [2.75, 3.05) is 13.7 Å². The second-order valence-electron chi connectivity index (χ2n) is 16.9. The van der Waals surface area contributed by atoms with Crippen LogP contribution < -0.4 is 14.2 Å². The zero-order chi connectivity index (χ0) is 42.4. The highest BCUT2D eigenvalue weighted by Gasteiger charge is 2.62. The number of halogens is 4. The number of methoxy groups -OCH3 is 1. The van der Waals surface area contributed by atoms with E-state index in [1.807, 2.05) is 26.0 Å². The molecule has 1 aromatic heterocycles. The number of amides is 2. The lowest BCUT2D eigenvalue weighted by molar-refractivity contribution is -0.257. The maximum atomic E-state index is 14.9. The lowest BCUT2D eigenvalue weighted by Crippen LogP contribution is -2.48. The van der Waals surface area contributed by atoms with Crippen LogP contribution in [0.5, 0.6) is 11.6 Å². The quantitative estimate of drug-likeness (QED) is 0.157. The second-order valence-corrected chi connectivity index (χ2v) is 18.9. The first-order valence-electron chi connectivity index (χ1n) is 19.8. The summed E-state index contributed by atoms with van der Waals surface area (Å²) in [6.45, 7) is 5.02. The molecule has 58 heavy (non-hydrogen) atoms. The van der Waals surface area contributed by atoms with Crippen molar-refractivity contribution >= 4 is 44.4 Å². The normalized spacial score (nSPS) is 29.1. The highest BCUT2D eigenvalue weighted by molar-refractivity contribution is 7.90. The fourth-order valence-corrected chi connectivity index (χ4v) is 9.77. The number of nitrogens with one attached hydrogen (secondary N) is 1. The molecule has 4 aliphatic rings. The highest BCUT2D eigenvalue weighted by Crippen LogP contribution is 2.57. The zero-order valence-corrected chi connectivity index (χ0v) is 34.1. The van der Waals surface area contributed by atoms with Gasteiger partial charge >= 0.3 is 12.1 Å². The van der Waals surface area contributed by atoms with Crippen molar-refractivity contribution in [3.8, 4) is 11.6 Å². The van der Waals surface area contributed by atoms with Gasteiger partial charge in [0.05, 0.1) is 54.3 Å². The van der Waals surface area contributed by atoms with Crippen LogP contribution in [-0.4, -0.2) is 84.7 Å². The highest BCUT2D eigenvalue weighted by atomic mass is 32.2. The molecular weight excluding hydrogens is 787 g/mol. The van der Waals surface area contributed by atoms with Crippen molar-refractivity contribution in [1.29, 1.82) is 0 Å². The minimum Gasteiger partial charge on any atom is -0.494 e. The number of sulfonamides is 1. The Bertz CT molecular complexity index is 2070. The number of Topliss-reactive ketones (excluding diaryl/α,β-unsaturated/α-hetero) is 1. The minimum atomic E-state index is -4.89. The van der Waals surface area contributed by atoms with Gasteiger partial charge in [0.15, 0.2) is 5.78 Å². The van der Waals surface area contributed by atoms with E-state index in [1.54, 1.807) is 0 Å². The Kier molecular flexibility index (Phi) is 12.2. The number of hydrogen-bond donors (Lipinski definition) is 1. The van der Waals surface area contributed by atoms with E-state index in [0.717, 1.165) is 13.8 Å². The number of alkyl halides is 3. The first-order valence-corrected chi connectivity index (χ1v) is 21.4. The number of carbonyl (C=O) groups excluding carboxylic acids is 4. The van der Waals surface area contributed by atoms with E-state index in [2.05, 4.69) is 9.71 Å². The van der Waals surface area contributed by atoms with Gasteiger partial charge in [-0.25, -0.2) is 17.8 Å². The molecule has 0 radical (unpaired) electrons. The molecule has 6 rings (SSSR count). The van der Waals surface area contributed by atoms with E-state index in [1.165, 1.54) is 36.4 Å². The summed E-state index contributed by atoms with van der Waals surface area (Å²) in [6.07, 6.45) is 1.18. The molecule has 3 fully saturated rings. The summed E-state index contributed by atoms with van der Waals surface area (Å²) in [4.78, 5) is 62.3. The molecule has 0 bridgehead atoms. The van der Waals surface area contributed by atoms with E-state index in [0.29, 0.717) is 49.7 Å². The molecule has 1 saturated heterocycles. The molecule has 3 heterocycles. The summed E-state index contributed by atoms with van der Waals surface area (Å²) in [5.41, 5.74) is -4.24. The molecule has 12 nitrogen and oxygen atoms in total. The number of fused-ring (bicyclic) bond motifs is 3. The van der Waals surface area contributed by atoms with Crippen molar-refractivity contribution in [3.63, 3.8) is 0 Å². The third-order valence-corrected chi connectivity index (χ3v) is 14.0. The van der Waals surface area contributed by atoms with Crippen LogP contribution in [0.15, 0.2) is 36.5 Å². The Morgan fingerprint density at radius 2 is 1.81 bits per heavy atom. The Hall–Kier alpha value is -4.28. The van der Waals surface area contributed by atoms with Gasteiger partial charge < -0.3 is 19.1 Å². The van der Waals surface area contributed by atoms with Crippen LogP contribution in [0.25, 0.3) is 10.8 Å². The van der Waals surface area contributed by atoms with Crippen LogP contribution in [0.1, 0.15) is 91.9 Å². The fourth-order valence-electron chi connectivity index (χ4n) is 8.39. The monoisotopic (exact) mass is 837 g/mol. The topological polar surface area (TPSA) is 158 Å². The molecule has 1 aromatic carbocycles. The van der Waals surface area contributed by atoms with Gasteiger partial charge in [0.25, 0.3) is 0 Å². The van der Waals surface area contributed by atoms with Crippen molar-refractivity contribution in [2.45, 2.75) is 121 Å². The molecule has 2 amide bonds. The first-order chi connectivity index (χ1) is 27.2. The van der Waals surface area contributed by atoms with Gasteiger partial charge in [-0.3, -0.25) is 23.9 Å². The van der Waals surface area contributed by atoms with Crippen LogP contribution in [0.3, 0.4) is 0 Å². The van der Waals surface area contributed by atoms with E-state index in [4.69, 9.17) is 14.2 Å². The van der Waals surface area contributed by atoms with Gasteiger partial charge in [0, 0.05) is 18.2 Å². The van der Waals surface area contributed by atoms with E-state index >= 15 is 0 Å². The van der Waals surface area contributed by atoms with Gasteiger partial charge in [-0.1, -0.05) is 32.4 Å². The fraction of sp³-hybridized carbons (Fsp3) is 0.634. The summed E-state index contributed by atoms with van der Waals surface area (Å²) in [5, 5.41) is 0.0550. The molecule has 1 N–H and O–H groups in total. The number of ketones is 1. The van der Waals surface area contributed by atoms with Crippen molar-refractivity contribution < 1.29 is 59.4 Å². The van der Waals surface area contributed by atoms with Crippen LogP contribution in [-0.2, 0) is 33.9 Å². The Labute approximate surface area is 335 Å². The molecule has 2 aliphatic heterocycles. The summed E-state index contributed by atoms with van der Waals surface area (Å²) < 4.78 is 101. The third-order valence-electron chi connectivity index (χ3n) is 12.2. The lowest BCUT2D eigenvalue weighted by Gasteiger charge is -2.34. The predicted octanol–water partition coefficient (Wildman–Crippen LogP) is 6.60. The van der Waals surface area contributed by atoms with Crippen LogP contribution in [0, 0.1) is 34.9 Å². The van der Waals surface area contributed by atoms with Crippen LogP contribution in [0.4, 0.5) is 17.6 Å². The standard InChI is InChI=1S/C41H51F4N3O9S/c1-6-24-15-23(2)9-7-8-10-25-19-40(25,38(52)47-58(53,54)28-12-13-28)20-33(49)32-17-27(56-36-31-16-26(42)11-14-29(31)34(55-5)21-46-36)22-48(32)37(51)30(24)18-35(50)57-39(3,4)41(43,44)45/h8,10-11,14,16,21,23-25,27-28,30,32H,6-7,9,12-13,15,17-20,22H2,1-5H3,(H,47,52)/b10-8-/t23-,24-,25-,27-,30+,32+,40-/m1/s1. The average Bonchev–Trinajstić information content (AvgIpc) is 4.07. The first kappa shape index (κ1) is 43.3. The van der Waals surface area contributed by atoms with Crippen molar-refractivity contribution in [3.05, 3.63) is 42.4 Å². The van der Waals surface area contributed by atoms with Gasteiger partial charge in [-0.05, 0) is 88.3 Å². The molecule has 7 atom stereocenters. The van der Waals surface area contributed by atoms with E-state index in [9.17, 15) is 45.2 Å². The zero-order valence-electron chi connectivity index (χ0n) is 33.3. The SMILES string of the molecule is CC[C@@H]1C[C@H](C)CC/C=C\[C@@H]2C[C@@]2(C(=O)NS(=O)(=O)C2CC2)CC(=O)[C@@H]2C[C@@H](Oc3ncc(OC)c4ccc(F)cc34)CN2C(=O)[C@H]1CC(=O)OC(C)(C)C(F)(F)F. The maximum Gasteiger partial charge on any atom is 0.427 e. The van der Waals surface area contributed by atoms with E-state index < -0.39 is 105 Å². The Morgan fingerprint density at radius 1 is 1.09 bits per heavy atom. The Morgan fingerprint density at radius 3 is 2.47 bits per heavy atom. The number of rotatable bonds is 10. The summed E-state index contributed by atoms with van der Waals surface area (Å²) in [7, 11) is -2.53. The molecule has 2 saturated carbocycles. The number of ether oxygens (including phenoxy) is 3. The molecule has 318 valence electrons. The van der Waals surface area contributed by atoms with Crippen molar-refractivity contribution in [1.82, 2.24) is 14.6 Å². The number of allylic oxidation sites excluding steroid dienone is 2. The molecular formula is C41H51F4N3O9S. The largest absolute Gasteiger partial charge is 0.494 e. The van der Waals surface area contributed by atoms with Crippen molar-refractivity contribution in [2.24, 2.45) is 29.1 Å². The summed E-state index contributed by atoms with van der Waals surface area (Å²) in [6, 6.07) is 2.71. The van der Waals surface area contributed by atoms with Gasteiger partial charge in [-0.2, -0.15) is 13.2 Å². The maximum absolute atomic E-state index is 14.9. The number of pyridine rings is 1. The van der Waals surface area contributed by atoms with Crippen LogP contribution >= 0.6 is 0 Å². The minimum absolute atomic E-state index is 0.00415. The molecule has 2 aliphatic carbocycles. The molecule has 2 aromatic rings. The van der Waals surface area contributed by atoms with Gasteiger partial charge in [-0.15, -0.1) is 0 Å². The number of hydrogen-bond acceptors (Lipinski definition) is 10. The Balaban J connectivity index is 1.38. The number of esters is 1. The molecule has 17 heteroatoms. The third kappa shape index (κ3) is 9.13. The number of benzene rings is 1. The number of nitrogens with zero attached hydrogens (tertiary/aromatic N) is 2. The smallest absolute Gasteiger partial charge is 0.427 e. The van der Waals surface area contributed by atoms with Crippen LogP contribution in [0.2, 0.25) is 0 Å². The number of aromatic nitrogens is 1. The van der Waals surface area contributed by atoms with E-state index in [-0.39, 0.29) is 36.6 Å². The summed E-state index contributed by atoms with van der Waals surface area (Å²) >= 11 is 0. The van der Waals surface area contributed by atoms with Gasteiger partial charge in [0.1, 0.15) is 17.7 Å². The number of carbonyl (C=O) groups is 4. The second kappa shape index (κ2) is 16.4. The predicted molar refractivity (Wildman–Crippen MR) is 203 cm³/mol.